The second-order valence-corrected chi connectivity index (χ2v) is 8.45. The number of carbonyl (C=O) groups excluding carboxylic acids is 2. The minimum atomic E-state index is -0.753. The zero-order valence-corrected chi connectivity index (χ0v) is 18.5. The van der Waals surface area contributed by atoms with Crippen LogP contribution in [0.2, 0.25) is 0 Å². The molecule has 1 aromatic heterocycles. The van der Waals surface area contributed by atoms with E-state index >= 15 is 0 Å². The first-order valence-electron chi connectivity index (χ1n) is 10.4. The first kappa shape index (κ1) is 21.6. The molecule has 3 aromatic carbocycles. The van der Waals surface area contributed by atoms with Crippen LogP contribution in [-0.2, 0) is 17.9 Å². The van der Waals surface area contributed by atoms with Crippen molar-refractivity contribution in [1.82, 2.24) is 10.6 Å². The zero-order valence-electron chi connectivity index (χ0n) is 17.7. The van der Waals surface area contributed by atoms with Gasteiger partial charge in [0.25, 0.3) is 11.8 Å². The number of rotatable bonds is 8. The number of ether oxygens (including phenoxy) is 1. The predicted molar refractivity (Wildman–Crippen MR) is 128 cm³/mol. The Hall–Kier alpha value is -3.64. The third-order valence-electron chi connectivity index (χ3n) is 5.08. The standard InChI is InChI=1S/C26H24N2O3S/c1-18(25(29)28-17-22-12-7-13-32-22)31-24-15-21-11-6-5-10-20(21)14-23(24)26(30)27-16-19-8-3-2-4-9-19/h2-15,18H,16-17H2,1H3,(H,27,30)(H,28,29). The SMILES string of the molecule is CC(Oc1cc2ccccc2cc1C(=O)NCc1ccccc1)C(=O)NCc1cccs1. The van der Waals surface area contributed by atoms with Crippen molar-refractivity contribution in [1.29, 1.82) is 0 Å². The summed E-state index contributed by atoms with van der Waals surface area (Å²) < 4.78 is 5.99. The highest BCUT2D eigenvalue weighted by Crippen LogP contribution is 2.27. The number of hydrogen-bond donors (Lipinski definition) is 2. The van der Waals surface area contributed by atoms with Gasteiger partial charge in [0.15, 0.2) is 6.10 Å². The summed E-state index contributed by atoms with van der Waals surface area (Å²) in [4.78, 5) is 26.7. The van der Waals surface area contributed by atoms with Gasteiger partial charge in [0, 0.05) is 11.4 Å². The smallest absolute Gasteiger partial charge is 0.261 e. The Balaban J connectivity index is 1.52. The van der Waals surface area contributed by atoms with Gasteiger partial charge >= 0.3 is 0 Å². The lowest BCUT2D eigenvalue weighted by atomic mass is 10.0. The van der Waals surface area contributed by atoms with E-state index in [1.54, 1.807) is 24.3 Å². The quantitative estimate of drug-likeness (QED) is 0.406. The van der Waals surface area contributed by atoms with Crippen LogP contribution in [0.25, 0.3) is 10.8 Å². The van der Waals surface area contributed by atoms with Crippen LogP contribution in [0.4, 0.5) is 0 Å². The van der Waals surface area contributed by atoms with E-state index in [9.17, 15) is 9.59 Å². The van der Waals surface area contributed by atoms with E-state index < -0.39 is 6.10 Å². The third-order valence-corrected chi connectivity index (χ3v) is 5.95. The molecule has 1 atom stereocenters. The molecule has 5 nitrogen and oxygen atoms in total. The summed E-state index contributed by atoms with van der Waals surface area (Å²) in [6, 6.07) is 25.0. The molecule has 1 unspecified atom stereocenters. The average molecular weight is 445 g/mol. The summed E-state index contributed by atoms with van der Waals surface area (Å²) >= 11 is 1.58. The Morgan fingerprint density at radius 2 is 1.59 bits per heavy atom. The lowest BCUT2D eigenvalue weighted by Gasteiger charge is -2.18. The highest BCUT2D eigenvalue weighted by Gasteiger charge is 2.20. The molecule has 0 fully saturated rings. The van der Waals surface area contributed by atoms with Crippen LogP contribution >= 0.6 is 11.3 Å². The van der Waals surface area contributed by atoms with Gasteiger partial charge in [0.1, 0.15) is 5.75 Å². The van der Waals surface area contributed by atoms with Crippen LogP contribution in [0.5, 0.6) is 5.75 Å². The molecule has 4 aromatic rings. The minimum absolute atomic E-state index is 0.234. The van der Waals surface area contributed by atoms with Gasteiger partial charge in [-0.1, -0.05) is 60.7 Å². The van der Waals surface area contributed by atoms with E-state index in [1.807, 2.05) is 78.2 Å². The van der Waals surface area contributed by atoms with E-state index in [4.69, 9.17) is 4.74 Å². The summed E-state index contributed by atoms with van der Waals surface area (Å²) in [5.41, 5.74) is 1.41. The van der Waals surface area contributed by atoms with Crippen molar-refractivity contribution in [3.63, 3.8) is 0 Å². The van der Waals surface area contributed by atoms with Gasteiger partial charge in [-0.05, 0) is 46.8 Å². The van der Waals surface area contributed by atoms with Gasteiger partial charge in [-0.2, -0.15) is 0 Å². The molecular formula is C26H24N2O3S. The van der Waals surface area contributed by atoms with E-state index in [-0.39, 0.29) is 11.8 Å². The Bertz CT molecular complexity index is 1210. The number of amides is 2. The monoisotopic (exact) mass is 444 g/mol. The lowest BCUT2D eigenvalue weighted by Crippen LogP contribution is -2.36. The van der Waals surface area contributed by atoms with Gasteiger partial charge in [0.2, 0.25) is 0 Å². The maximum atomic E-state index is 13.0. The molecule has 2 N–H and O–H groups in total. The summed E-state index contributed by atoms with van der Waals surface area (Å²) in [6.07, 6.45) is -0.753. The predicted octanol–water partition coefficient (Wildman–Crippen LogP) is 4.92. The number of nitrogens with one attached hydrogen (secondary N) is 2. The number of carbonyl (C=O) groups is 2. The highest BCUT2D eigenvalue weighted by molar-refractivity contribution is 7.09. The zero-order chi connectivity index (χ0) is 22.3. The highest BCUT2D eigenvalue weighted by atomic mass is 32.1. The third kappa shape index (κ3) is 5.34. The van der Waals surface area contributed by atoms with Crippen molar-refractivity contribution >= 4 is 33.9 Å². The molecule has 0 spiro atoms. The van der Waals surface area contributed by atoms with Crippen molar-refractivity contribution in [2.75, 3.05) is 0 Å². The molecule has 1 heterocycles. The summed E-state index contributed by atoms with van der Waals surface area (Å²) in [5.74, 6) is -0.101. The second kappa shape index (κ2) is 10.1. The van der Waals surface area contributed by atoms with Crippen LogP contribution in [-0.4, -0.2) is 17.9 Å². The number of thiophene rings is 1. The molecule has 0 aliphatic rings. The molecule has 0 radical (unpaired) electrons. The number of benzene rings is 3. The summed E-state index contributed by atoms with van der Waals surface area (Å²) in [7, 11) is 0. The van der Waals surface area contributed by atoms with Gasteiger partial charge in [-0.3, -0.25) is 9.59 Å². The fraction of sp³-hybridized carbons (Fsp3) is 0.154. The van der Waals surface area contributed by atoms with Crippen molar-refractivity contribution in [3.8, 4) is 5.75 Å². The van der Waals surface area contributed by atoms with Crippen molar-refractivity contribution in [2.24, 2.45) is 0 Å². The van der Waals surface area contributed by atoms with Crippen LogP contribution in [0.15, 0.2) is 84.2 Å². The molecule has 0 aliphatic heterocycles. The normalized spacial score (nSPS) is 11.7. The van der Waals surface area contributed by atoms with E-state index in [1.165, 1.54) is 0 Å². The molecule has 162 valence electrons. The maximum Gasteiger partial charge on any atom is 0.261 e. The summed E-state index contributed by atoms with van der Waals surface area (Å²) in [5, 5.41) is 9.67. The maximum absolute atomic E-state index is 13.0. The van der Waals surface area contributed by atoms with E-state index in [2.05, 4.69) is 10.6 Å². The number of fused-ring (bicyclic) bond motifs is 1. The molecule has 0 saturated carbocycles. The van der Waals surface area contributed by atoms with Crippen molar-refractivity contribution in [3.05, 3.63) is 100 Å². The molecule has 0 saturated heterocycles. The molecule has 2 amide bonds. The number of hydrogen-bond acceptors (Lipinski definition) is 4. The van der Waals surface area contributed by atoms with Gasteiger partial charge in [-0.25, -0.2) is 0 Å². The first-order valence-corrected chi connectivity index (χ1v) is 11.3. The van der Waals surface area contributed by atoms with Crippen LogP contribution in [0.1, 0.15) is 27.7 Å². The Kier molecular flexibility index (Phi) is 6.82. The first-order chi connectivity index (χ1) is 15.6. The van der Waals surface area contributed by atoms with E-state index in [0.717, 1.165) is 21.2 Å². The summed E-state index contributed by atoms with van der Waals surface area (Å²) in [6.45, 7) is 2.54. The Morgan fingerprint density at radius 3 is 2.31 bits per heavy atom. The average Bonchev–Trinajstić information content (AvgIpc) is 3.35. The second-order valence-electron chi connectivity index (χ2n) is 7.42. The lowest BCUT2D eigenvalue weighted by molar-refractivity contribution is -0.127. The fourth-order valence-corrected chi connectivity index (χ4v) is 3.99. The topological polar surface area (TPSA) is 67.4 Å². The van der Waals surface area contributed by atoms with Crippen LogP contribution < -0.4 is 15.4 Å². The fourth-order valence-electron chi connectivity index (χ4n) is 3.34. The minimum Gasteiger partial charge on any atom is -0.480 e. The molecule has 0 aliphatic carbocycles. The Labute approximate surface area is 191 Å². The van der Waals surface area contributed by atoms with Crippen molar-refractivity contribution < 1.29 is 14.3 Å². The van der Waals surface area contributed by atoms with Gasteiger partial charge in [0.05, 0.1) is 12.1 Å². The molecule has 6 heteroatoms. The molecule has 4 rings (SSSR count). The largest absolute Gasteiger partial charge is 0.480 e. The Morgan fingerprint density at radius 1 is 0.875 bits per heavy atom. The van der Waals surface area contributed by atoms with Crippen LogP contribution in [0.3, 0.4) is 0 Å². The molecular weight excluding hydrogens is 420 g/mol. The van der Waals surface area contributed by atoms with Gasteiger partial charge < -0.3 is 15.4 Å². The van der Waals surface area contributed by atoms with E-state index in [0.29, 0.717) is 24.4 Å². The molecule has 0 bridgehead atoms. The molecule has 32 heavy (non-hydrogen) atoms. The van der Waals surface area contributed by atoms with Crippen LogP contribution in [0, 0.1) is 0 Å². The van der Waals surface area contributed by atoms with Crippen molar-refractivity contribution in [2.45, 2.75) is 26.1 Å². The van der Waals surface area contributed by atoms with Gasteiger partial charge in [-0.15, -0.1) is 11.3 Å².